The third kappa shape index (κ3) is 5.46. The van der Waals surface area contributed by atoms with E-state index in [4.69, 9.17) is 9.47 Å². The van der Waals surface area contributed by atoms with Crippen LogP contribution in [0.3, 0.4) is 0 Å². The maximum absolute atomic E-state index is 11.6. The van der Waals surface area contributed by atoms with E-state index in [1.54, 1.807) is 13.3 Å². The Morgan fingerprint density at radius 3 is 2.86 bits per heavy atom. The summed E-state index contributed by atoms with van der Waals surface area (Å²) in [4.78, 5) is 11.2. The molecule has 1 fully saturated rings. The predicted octanol–water partition coefficient (Wildman–Crippen LogP) is 2.01. The monoisotopic (exact) mass is 446 g/mol. The van der Waals surface area contributed by atoms with Crippen molar-refractivity contribution in [2.75, 3.05) is 20.3 Å². The summed E-state index contributed by atoms with van der Waals surface area (Å²) in [7, 11) is 1.61. The van der Waals surface area contributed by atoms with E-state index in [1.807, 2.05) is 36.4 Å². The van der Waals surface area contributed by atoms with E-state index in [0.717, 1.165) is 12.0 Å². The van der Waals surface area contributed by atoms with Gasteiger partial charge in [0.1, 0.15) is 4.83 Å². The number of hydrazone groups is 1. The van der Waals surface area contributed by atoms with E-state index in [2.05, 4.69) is 49.4 Å². The van der Waals surface area contributed by atoms with Crippen molar-refractivity contribution >= 4 is 28.1 Å². The Balaban J connectivity index is 1.55. The molecule has 0 bridgehead atoms. The van der Waals surface area contributed by atoms with Crippen molar-refractivity contribution in [1.82, 2.24) is 16.3 Å². The molecule has 2 aromatic rings. The fourth-order valence-corrected chi connectivity index (χ4v) is 3.15. The molecule has 2 unspecified atom stereocenters. The number of amides is 1. The molecule has 0 radical (unpaired) electrons. The van der Waals surface area contributed by atoms with Gasteiger partial charge in [-0.05, 0) is 29.3 Å². The highest BCUT2D eigenvalue weighted by molar-refractivity contribution is 9.10. The second-order valence-corrected chi connectivity index (χ2v) is 7.25. The van der Waals surface area contributed by atoms with Gasteiger partial charge in [-0.1, -0.05) is 46.3 Å². The molecule has 1 saturated heterocycles. The van der Waals surface area contributed by atoms with Crippen molar-refractivity contribution < 1.29 is 14.3 Å². The van der Waals surface area contributed by atoms with Crippen LogP contribution in [0.5, 0.6) is 11.5 Å². The van der Waals surface area contributed by atoms with Crippen LogP contribution in [0.25, 0.3) is 0 Å². The molecule has 1 amide bonds. The highest BCUT2D eigenvalue weighted by Gasteiger charge is 2.29. The van der Waals surface area contributed by atoms with Gasteiger partial charge in [-0.2, -0.15) is 5.10 Å². The number of carbonyl (C=O) groups excluding carboxylic acids is 1. The van der Waals surface area contributed by atoms with E-state index in [-0.39, 0.29) is 16.8 Å². The molecule has 1 aliphatic heterocycles. The fourth-order valence-electron chi connectivity index (χ4n) is 2.73. The number of carbonyl (C=O) groups is 1. The van der Waals surface area contributed by atoms with Gasteiger partial charge < -0.3 is 14.9 Å². The lowest BCUT2D eigenvalue weighted by atomic mass is 10.2. The van der Waals surface area contributed by atoms with Crippen molar-refractivity contribution in [2.45, 2.75) is 17.3 Å². The van der Waals surface area contributed by atoms with Gasteiger partial charge in [0.05, 0.1) is 26.0 Å². The smallest absolute Gasteiger partial charge is 0.250 e. The van der Waals surface area contributed by atoms with Gasteiger partial charge in [0, 0.05) is 13.0 Å². The molecule has 2 atom stereocenters. The van der Waals surface area contributed by atoms with Crippen LogP contribution in [0.15, 0.2) is 53.6 Å². The lowest BCUT2D eigenvalue weighted by Gasteiger charge is -2.27. The first-order chi connectivity index (χ1) is 13.7. The summed E-state index contributed by atoms with van der Waals surface area (Å²) in [6.45, 7) is 1.13. The second-order valence-electron chi connectivity index (χ2n) is 6.26. The number of alkyl halides is 1. The van der Waals surface area contributed by atoms with Crippen LogP contribution in [0, 0.1) is 0 Å². The van der Waals surface area contributed by atoms with Crippen LogP contribution in [-0.4, -0.2) is 43.3 Å². The molecule has 148 valence electrons. The van der Waals surface area contributed by atoms with Gasteiger partial charge >= 0.3 is 0 Å². The molecule has 3 N–H and O–H groups in total. The van der Waals surface area contributed by atoms with E-state index >= 15 is 0 Å². The van der Waals surface area contributed by atoms with Crippen LogP contribution < -0.4 is 25.8 Å². The number of benzene rings is 2. The zero-order valence-electron chi connectivity index (χ0n) is 15.5. The second kappa shape index (κ2) is 10.1. The number of ether oxygens (including phenoxy) is 2. The zero-order chi connectivity index (χ0) is 19.8. The molecule has 8 heteroatoms. The molecule has 3 rings (SSSR count). The Morgan fingerprint density at radius 2 is 2.07 bits per heavy atom. The van der Waals surface area contributed by atoms with Gasteiger partial charge in [-0.25, -0.2) is 5.43 Å². The number of hydrazine groups is 1. The van der Waals surface area contributed by atoms with Crippen LogP contribution in [0.1, 0.15) is 11.1 Å². The number of rotatable bonds is 8. The molecule has 0 aromatic heterocycles. The first kappa shape index (κ1) is 20.2. The summed E-state index contributed by atoms with van der Waals surface area (Å²) in [5, 5.41) is 4.24. The SMILES string of the molecule is COc1cc(/C=N\NC2CNNC(=O)C2Br)ccc1OCCc1ccccc1. The number of hydrogen-bond donors (Lipinski definition) is 3. The average molecular weight is 447 g/mol. The van der Waals surface area contributed by atoms with Crippen LogP contribution >= 0.6 is 15.9 Å². The summed E-state index contributed by atoms with van der Waals surface area (Å²) < 4.78 is 11.3. The number of nitrogens with one attached hydrogen (secondary N) is 3. The lowest BCUT2D eigenvalue weighted by molar-refractivity contribution is -0.123. The Bertz CT molecular complexity index is 816. The van der Waals surface area contributed by atoms with E-state index in [1.165, 1.54) is 5.56 Å². The number of hydrogen-bond acceptors (Lipinski definition) is 6. The third-order valence-electron chi connectivity index (χ3n) is 4.27. The Labute approximate surface area is 172 Å². The van der Waals surface area contributed by atoms with Gasteiger partial charge in [-0.3, -0.25) is 10.2 Å². The topological polar surface area (TPSA) is 84.0 Å². The van der Waals surface area contributed by atoms with Crippen LogP contribution in [-0.2, 0) is 11.2 Å². The quantitative estimate of drug-likeness (QED) is 0.328. The average Bonchev–Trinajstić information content (AvgIpc) is 2.72. The zero-order valence-corrected chi connectivity index (χ0v) is 17.1. The predicted molar refractivity (Wildman–Crippen MR) is 112 cm³/mol. The molecule has 7 nitrogen and oxygen atoms in total. The summed E-state index contributed by atoms with van der Waals surface area (Å²) in [5.74, 6) is 1.21. The summed E-state index contributed by atoms with van der Waals surface area (Å²) in [6.07, 6.45) is 2.51. The minimum atomic E-state index is -0.346. The minimum absolute atomic E-state index is 0.127. The van der Waals surface area contributed by atoms with Gasteiger partial charge in [0.2, 0.25) is 5.91 Å². The van der Waals surface area contributed by atoms with Gasteiger partial charge in [-0.15, -0.1) is 0 Å². The van der Waals surface area contributed by atoms with Crippen LogP contribution in [0.2, 0.25) is 0 Å². The van der Waals surface area contributed by atoms with Crippen molar-refractivity contribution in [2.24, 2.45) is 5.10 Å². The molecule has 1 heterocycles. The molecule has 1 aliphatic rings. The first-order valence-corrected chi connectivity index (χ1v) is 9.89. The van der Waals surface area contributed by atoms with Crippen molar-refractivity contribution in [3.05, 3.63) is 59.7 Å². The standard InChI is InChI=1S/C20H23BrN4O3/c1-27-18-11-15(12-22-24-16-13-23-25-20(26)19(16)21)7-8-17(18)28-10-9-14-5-3-2-4-6-14/h2-8,11-12,16,19,23-24H,9-10,13H2,1H3,(H,25,26)/b22-12-. The molecule has 0 aliphatic carbocycles. The van der Waals surface area contributed by atoms with Crippen molar-refractivity contribution in [3.63, 3.8) is 0 Å². The highest BCUT2D eigenvalue weighted by Crippen LogP contribution is 2.27. The number of methoxy groups -OCH3 is 1. The molecule has 2 aromatic carbocycles. The minimum Gasteiger partial charge on any atom is -0.493 e. The van der Waals surface area contributed by atoms with Crippen molar-refractivity contribution in [3.8, 4) is 11.5 Å². The Morgan fingerprint density at radius 1 is 1.25 bits per heavy atom. The van der Waals surface area contributed by atoms with Gasteiger partial charge in [0.15, 0.2) is 11.5 Å². The van der Waals surface area contributed by atoms with Crippen LogP contribution in [0.4, 0.5) is 0 Å². The molecular formula is C20H23BrN4O3. The summed E-state index contributed by atoms with van der Waals surface area (Å²) in [6, 6.07) is 15.7. The first-order valence-electron chi connectivity index (χ1n) is 8.97. The summed E-state index contributed by atoms with van der Waals surface area (Å²) >= 11 is 3.35. The third-order valence-corrected chi connectivity index (χ3v) is 5.32. The Hall–Kier alpha value is -2.58. The lowest BCUT2D eigenvalue weighted by Crippen LogP contribution is -2.59. The molecule has 28 heavy (non-hydrogen) atoms. The maximum Gasteiger partial charge on any atom is 0.250 e. The molecular weight excluding hydrogens is 424 g/mol. The maximum atomic E-state index is 11.6. The van der Waals surface area contributed by atoms with E-state index in [0.29, 0.717) is 24.7 Å². The fraction of sp³-hybridized carbons (Fsp3) is 0.300. The Kier molecular flexibility index (Phi) is 7.27. The number of halogens is 1. The molecule has 0 spiro atoms. The largest absolute Gasteiger partial charge is 0.493 e. The molecule has 0 saturated carbocycles. The van der Waals surface area contributed by atoms with Gasteiger partial charge in [0.25, 0.3) is 0 Å². The van der Waals surface area contributed by atoms with E-state index in [9.17, 15) is 4.79 Å². The van der Waals surface area contributed by atoms with E-state index < -0.39 is 0 Å². The normalized spacial score (nSPS) is 19.3. The number of nitrogens with zero attached hydrogens (tertiary/aromatic N) is 1. The summed E-state index contributed by atoms with van der Waals surface area (Å²) in [5.41, 5.74) is 10.4. The van der Waals surface area contributed by atoms with Crippen molar-refractivity contribution in [1.29, 1.82) is 0 Å². The highest BCUT2D eigenvalue weighted by atomic mass is 79.9.